The molecule has 2 N–H and O–H groups in total. The smallest absolute Gasteiger partial charge is 0.287 e. The first-order chi connectivity index (χ1) is 13.6. The maximum absolute atomic E-state index is 12.4. The molecule has 7 nitrogen and oxygen atoms in total. The molecule has 1 amide bonds. The minimum absolute atomic E-state index is 0.0811. The Kier molecular flexibility index (Phi) is 5.32. The highest BCUT2D eigenvalue weighted by molar-refractivity contribution is 7.22. The van der Waals surface area contributed by atoms with Gasteiger partial charge >= 0.3 is 0 Å². The van der Waals surface area contributed by atoms with E-state index in [1.165, 1.54) is 0 Å². The lowest BCUT2D eigenvalue weighted by atomic mass is 10.1. The van der Waals surface area contributed by atoms with Crippen LogP contribution in [0.3, 0.4) is 0 Å². The minimum atomic E-state index is -0.226. The van der Waals surface area contributed by atoms with Crippen LogP contribution in [0.15, 0.2) is 18.2 Å². The summed E-state index contributed by atoms with van der Waals surface area (Å²) in [6.07, 6.45) is 3.21. The lowest BCUT2D eigenvalue weighted by Gasteiger charge is -2.31. The van der Waals surface area contributed by atoms with E-state index in [4.69, 9.17) is 11.6 Å². The number of aromatic nitrogens is 3. The van der Waals surface area contributed by atoms with Crippen molar-refractivity contribution in [3.05, 3.63) is 40.4 Å². The first kappa shape index (κ1) is 18.9. The SMILES string of the molecule is CCc1[nH]c(C(=O)NC2CCN(c3nc4cccc(C=O)c4s3)CC2)nc1Cl. The van der Waals surface area contributed by atoms with Gasteiger partial charge in [-0.1, -0.05) is 42.0 Å². The Labute approximate surface area is 171 Å². The molecular formula is C19H20ClN5O2S. The lowest BCUT2D eigenvalue weighted by molar-refractivity contribution is 0.0921. The standard InChI is InChI=1S/C19H20ClN5O2S/c1-2-13-16(20)24-17(22-13)18(27)21-12-6-8-25(9-7-12)19-23-14-5-3-4-11(10-26)15(14)28-19/h3-5,10,12H,2,6-9H2,1H3,(H,21,27)(H,22,24). The van der Waals surface area contributed by atoms with Crippen LogP contribution in [0.1, 0.15) is 46.4 Å². The summed E-state index contributed by atoms with van der Waals surface area (Å²) in [5.41, 5.74) is 2.29. The molecule has 1 aromatic carbocycles. The van der Waals surface area contributed by atoms with Crippen molar-refractivity contribution in [1.29, 1.82) is 0 Å². The first-order valence-corrected chi connectivity index (χ1v) is 10.4. The van der Waals surface area contributed by atoms with E-state index in [2.05, 4.69) is 25.2 Å². The van der Waals surface area contributed by atoms with Crippen molar-refractivity contribution in [1.82, 2.24) is 20.3 Å². The number of aldehydes is 1. The van der Waals surface area contributed by atoms with Crippen molar-refractivity contribution < 1.29 is 9.59 Å². The van der Waals surface area contributed by atoms with Crippen molar-refractivity contribution in [2.24, 2.45) is 0 Å². The second-order valence-corrected chi connectivity index (χ2v) is 8.09. The zero-order valence-electron chi connectivity index (χ0n) is 15.4. The minimum Gasteiger partial charge on any atom is -0.348 e. The van der Waals surface area contributed by atoms with Crippen molar-refractivity contribution in [3.8, 4) is 0 Å². The predicted molar refractivity (Wildman–Crippen MR) is 111 cm³/mol. The zero-order chi connectivity index (χ0) is 19.7. The van der Waals surface area contributed by atoms with Gasteiger partial charge in [0.25, 0.3) is 5.91 Å². The van der Waals surface area contributed by atoms with Gasteiger partial charge in [0.2, 0.25) is 0 Å². The number of carbonyl (C=O) groups is 2. The highest BCUT2D eigenvalue weighted by Gasteiger charge is 2.24. The predicted octanol–water partition coefficient (Wildman–Crippen LogP) is 3.45. The van der Waals surface area contributed by atoms with Gasteiger partial charge in [0, 0.05) is 24.7 Å². The lowest BCUT2D eigenvalue weighted by Crippen LogP contribution is -2.45. The molecule has 0 unspecified atom stereocenters. The molecule has 0 radical (unpaired) electrons. The fraction of sp³-hybridized carbons (Fsp3) is 0.368. The van der Waals surface area contributed by atoms with E-state index in [1.54, 1.807) is 11.3 Å². The number of carbonyl (C=O) groups excluding carboxylic acids is 2. The van der Waals surface area contributed by atoms with Crippen LogP contribution in [-0.2, 0) is 6.42 Å². The van der Waals surface area contributed by atoms with Crippen molar-refractivity contribution in [2.75, 3.05) is 18.0 Å². The number of fused-ring (bicyclic) bond motifs is 1. The van der Waals surface area contributed by atoms with Crippen LogP contribution >= 0.6 is 22.9 Å². The Bertz CT molecular complexity index is 1020. The molecule has 0 spiro atoms. The van der Waals surface area contributed by atoms with Crippen molar-refractivity contribution in [2.45, 2.75) is 32.2 Å². The summed E-state index contributed by atoms with van der Waals surface area (Å²) in [6, 6.07) is 5.66. The van der Waals surface area contributed by atoms with Gasteiger partial charge in [-0.3, -0.25) is 9.59 Å². The fourth-order valence-electron chi connectivity index (χ4n) is 3.39. The van der Waals surface area contributed by atoms with E-state index < -0.39 is 0 Å². The number of nitrogens with zero attached hydrogens (tertiary/aromatic N) is 3. The van der Waals surface area contributed by atoms with Crippen LogP contribution in [-0.4, -0.2) is 46.3 Å². The molecule has 3 aromatic rings. The topological polar surface area (TPSA) is 91.0 Å². The molecular weight excluding hydrogens is 398 g/mol. The molecule has 0 atom stereocenters. The second kappa shape index (κ2) is 7.89. The number of aromatic amines is 1. The van der Waals surface area contributed by atoms with E-state index >= 15 is 0 Å². The number of aryl methyl sites for hydroxylation is 1. The van der Waals surface area contributed by atoms with E-state index in [1.807, 2.05) is 25.1 Å². The maximum atomic E-state index is 12.4. The largest absolute Gasteiger partial charge is 0.348 e. The summed E-state index contributed by atoms with van der Waals surface area (Å²) in [5, 5.41) is 4.31. The van der Waals surface area contributed by atoms with E-state index in [-0.39, 0.29) is 17.8 Å². The van der Waals surface area contributed by atoms with Gasteiger partial charge in [0.15, 0.2) is 22.4 Å². The van der Waals surface area contributed by atoms with Crippen molar-refractivity contribution >= 4 is 50.5 Å². The molecule has 4 rings (SSSR count). The number of halogens is 1. The molecule has 0 bridgehead atoms. The third kappa shape index (κ3) is 3.62. The number of piperidine rings is 1. The van der Waals surface area contributed by atoms with E-state index in [0.29, 0.717) is 17.1 Å². The normalized spacial score (nSPS) is 15.1. The number of anilines is 1. The van der Waals surface area contributed by atoms with Gasteiger partial charge < -0.3 is 15.2 Å². The van der Waals surface area contributed by atoms with Crippen LogP contribution in [0.25, 0.3) is 10.2 Å². The average molecular weight is 418 g/mol. The Balaban J connectivity index is 1.39. The highest BCUT2D eigenvalue weighted by Crippen LogP contribution is 2.32. The molecule has 1 aliphatic heterocycles. The number of benzene rings is 1. The van der Waals surface area contributed by atoms with Gasteiger partial charge in [-0.2, -0.15) is 0 Å². The Morgan fingerprint density at radius 2 is 2.18 bits per heavy atom. The quantitative estimate of drug-likeness (QED) is 0.620. The van der Waals surface area contributed by atoms with Crippen LogP contribution in [0.2, 0.25) is 5.15 Å². The summed E-state index contributed by atoms with van der Waals surface area (Å²) >= 11 is 7.56. The molecule has 9 heteroatoms. The Morgan fingerprint density at radius 1 is 1.39 bits per heavy atom. The monoisotopic (exact) mass is 417 g/mol. The third-order valence-corrected chi connectivity index (χ3v) is 6.45. The number of amides is 1. The number of hydrogen-bond acceptors (Lipinski definition) is 6. The summed E-state index contributed by atoms with van der Waals surface area (Å²) < 4.78 is 0.921. The first-order valence-electron chi connectivity index (χ1n) is 9.24. The second-order valence-electron chi connectivity index (χ2n) is 6.75. The highest BCUT2D eigenvalue weighted by atomic mass is 35.5. The number of imidazole rings is 1. The number of H-pyrrole nitrogens is 1. The van der Waals surface area contributed by atoms with E-state index in [0.717, 1.165) is 53.3 Å². The molecule has 146 valence electrons. The number of hydrogen-bond donors (Lipinski definition) is 2. The van der Waals surface area contributed by atoms with Crippen LogP contribution in [0.5, 0.6) is 0 Å². The molecule has 28 heavy (non-hydrogen) atoms. The van der Waals surface area contributed by atoms with Crippen molar-refractivity contribution in [3.63, 3.8) is 0 Å². The molecule has 0 aliphatic carbocycles. The summed E-state index contributed by atoms with van der Waals surface area (Å²) in [4.78, 5) is 37.6. The van der Waals surface area contributed by atoms with Gasteiger partial charge in [-0.25, -0.2) is 9.97 Å². The number of thiazole rings is 1. The van der Waals surface area contributed by atoms with Crippen LogP contribution in [0.4, 0.5) is 5.13 Å². The summed E-state index contributed by atoms with van der Waals surface area (Å²) in [7, 11) is 0. The molecule has 1 aliphatic rings. The van der Waals surface area contributed by atoms with Crippen LogP contribution < -0.4 is 10.2 Å². The molecule has 1 saturated heterocycles. The van der Waals surface area contributed by atoms with Gasteiger partial charge in [-0.05, 0) is 25.3 Å². The summed E-state index contributed by atoms with van der Waals surface area (Å²) in [5.74, 6) is 0.0347. The van der Waals surface area contributed by atoms with Crippen LogP contribution in [0, 0.1) is 0 Å². The maximum Gasteiger partial charge on any atom is 0.287 e. The van der Waals surface area contributed by atoms with Gasteiger partial charge in [0.1, 0.15) is 0 Å². The Morgan fingerprint density at radius 3 is 2.86 bits per heavy atom. The number of nitrogens with one attached hydrogen (secondary N) is 2. The average Bonchev–Trinajstić information content (AvgIpc) is 3.31. The van der Waals surface area contributed by atoms with Gasteiger partial charge in [0.05, 0.1) is 15.9 Å². The zero-order valence-corrected chi connectivity index (χ0v) is 16.9. The fourth-order valence-corrected chi connectivity index (χ4v) is 4.74. The molecule has 2 aromatic heterocycles. The molecule has 1 fully saturated rings. The summed E-state index contributed by atoms with van der Waals surface area (Å²) in [6.45, 7) is 3.54. The Hall–Kier alpha value is -2.45. The third-order valence-electron chi connectivity index (χ3n) is 4.96. The number of rotatable bonds is 5. The van der Waals surface area contributed by atoms with Gasteiger partial charge in [-0.15, -0.1) is 0 Å². The molecule has 0 saturated carbocycles. The molecule has 3 heterocycles. The van der Waals surface area contributed by atoms with E-state index in [9.17, 15) is 9.59 Å².